The Morgan fingerprint density at radius 1 is 1.14 bits per heavy atom. The van der Waals surface area contributed by atoms with Crippen LogP contribution in [0.15, 0.2) is 66.4 Å². The van der Waals surface area contributed by atoms with Gasteiger partial charge in [-0.05, 0) is 23.6 Å². The molecule has 0 bridgehead atoms. The van der Waals surface area contributed by atoms with Crippen molar-refractivity contribution in [2.75, 3.05) is 11.9 Å². The van der Waals surface area contributed by atoms with E-state index in [1.807, 2.05) is 70.7 Å². The Hall–Kier alpha value is -3.59. The Morgan fingerprint density at radius 3 is 2.54 bits per heavy atom. The maximum Gasteiger partial charge on any atom is 0.305 e. The highest BCUT2D eigenvalue weighted by atomic mass is 32.1. The minimum atomic E-state index is -0.511. The maximum absolute atomic E-state index is 10.8. The van der Waals surface area contributed by atoms with Crippen LogP contribution >= 0.6 is 11.3 Å². The fourth-order valence-corrected chi connectivity index (χ4v) is 3.54. The van der Waals surface area contributed by atoms with E-state index in [1.165, 1.54) is 12.4 Å². The summed E-state index contributed by atoms with van der Waals surface area (Å²) in [6, 6.07) is 13.9. The number of para-hydroxylation sites is 1. The minimum absolute atomic E-state index is 0.131. The lowest BCUT2D eigenvalue weighted by Crippen LogP contribution is -2.19. The Balaban J connectivity index is 1.66. The zero-order chi connectivity index (χ0) is 19.5. The van der Waals surface area contributed by atoms with Crippen LogP contribution in [-0.4, -0.2) is 31.7 Å². The van der Waals surface area contributed by atoms with Crippen LogP contribution in [0.4, 0.5) is 11.6 Å². The predicted octanol–water partition coefficient (Wildman–Crippen LogP) is 3.94. The van der Waals surface area contributed by atoms with Gasteiger partial charge in [-0.3, -0.25) is 10.1 Å². The third-order valence-electron chi connectivity index (χ3n) is 4.15. The fourth-order valence-electron chi connectivity index (χ4n) is 2.79. The SMILES string of the molecule is CN(Cc1cn(-c2ccccc2)nc1-c1cccs1)c1ncc([N+](=O)[O-])cn1. The van der Waals surface area contributed by atoms with E-state index in [-0.39, 0.29) is 5.69 Å². The second kappa shape index (κ2) is 7.57. The molecule has 0 atom stereocenters. The van der Waals surface area contributed by atoms with Gasteiger partial charge in [0, 0.05) is 25.4 Å². The Morgan fingerprint density at radius 2 is 1.89 bits per heavy atom. The summed E-state index contributed by atoms with van der Waals surface area (Å²) in [5.74, 6) is 0.412. The van der Waals surface area contributed by atoms with Crippen LogP contribution in [0.3, 0.4) is 0 Å². The molecule has 0 aliphatic carbocycles. The van der Waals surface area contributed by atoms with Gasteiger partial charge in [0.2, 0.25) is 5.95 Å². The van der Waals surface area contributed by atoms with Gasteiger partial charge in [0.25, 0.3) is 0 Å². The number of nitro groups is 1. The summed E-state index contributed by atoms with van der Waals surface area (Å²) in [6.07, 6.45) is 4.42. The lowest BCUT2D eigenvalue weighted by molar-refractivity contribution is -0.385. The average molecular weight is 392 g/mol. The number of hydrogen-bond donors (Lipinski definition) is 0. The zero-order valence-corrected chi connectivity index (χ0v) is 15.8. The van der Waals surface area contributed by atoms with Crippen LogP contribution in [0.25, 0.3) is 16.3 Å². The molecule has 3 aromatic heterocycles. The Labute approximate surface area is 164 Å². The van der Waals surface area contributed by atoms with Gasteiger partial charge in [-0.1, -0.05) is 24.3 Å². The highest BCUT2D eigenvalue weighted by Crippen LogP contribution is 2.29. The number of aromatic nitrogens is 4. The van der Waals surface area contributed by atoms with Crippen molar-refractivity contribution in [3.8, 4) is 16.3 Å². The highest BCUT2D eigenvalue weighted by molar-refractivity contribution is 7.13. The second-order valence-electron chi connectivity index (χ2n) is 6.11. The van der Waals surface area contributed by atoms with E-state index < -0.39 is 4.92 Å². The topological polar surface area (TPSA) is 90.0 Å². The zero-order valence-electron chi connectivity index (χ0n) is 15.0. The number of benzene rings is 1. The van der Waals surface area contributed by atoms with Crippen molar-refractivity contribution in [3.05, 3.63) is 82.1 Å². The predicted molar refractivity (Wildman–Crippen MR) is 108 cm³/mol. The van der Waals surface area contributed by atoms with Crippen molar-refractivity contribution in [2.45, 2.75) is 6.54 Å². The van der Waals surface area contributed by atoms with E-state index in [0.717, 1.165) is 21.8 Å². The van der Waals surface area contributed by atoms with Crippen molar-refractivity contribution in [2.24, 2.45) is 0 Å². The molecule has 0 saturated heterocycles. The maximum atomic E-state index is 10.8. The van der Waals surface area contributed by atoms with Crippen molar-refractivity contribution in [3.63, 3.8) is 0 Å². The average Bonchev–Trinajstić information content (AvgIpc) is 3.38. The van der Waals surface area contributed by atoms with Crippen molar-refractivity contribution in [1.29, 1.82) is 0 Å². The monoisotopic (exact) mass is 392 g/mol. The first-order valence-electron chi connectivity index (χ1n) is 8.47. The van der Waals surface area contributed by atoms with Gasteiger partial charge in [-0.2, -0.15) is 5.10 Å². The molecule has 28 heavy (non-hydrogen) atoms. The number of anilines is 1. The summed E-state index contributed by atoms with van der Waals surface area (Å²) in [5.41, 5.74) is 2.75. The molecule has 4 rings (SSSR count). The molecule has 0 aliphatic rings. The summed E-state index contributed by atoms with van der Waals surface area (Å²) in [6.45, 7) is 0.512. The summed E-state index contributed by atoms with van der Waals surface area (Å²) in [5, 5.41) is 17.6. The molecule has 0 aliphatic heterocycles. The summed E-state index contributed by atoms with van der Waals surface area (Å²) in [7, 11) is 1.85. The van der Waals surface area contributed by atoms with Gasteiger partial charge >= 0.3 is 5.69 Å². The molecule has 0 unspecified atom stereocenters. The summed E-state index contributed by atoms with van der Waals surface area (Å²) in [4.78, 5) is 21.4. The van der Waals surface area contributed by atoms with E-state index in [1.54, 1.807) is 11.3 Å². The smallest absolute Gasteiger partial charge is 0.305 e. The molecule has 1 aromatic carbocycles. The summed E-state index contributed by atoms with van der Waals surface area (Å²) >= 11 is 1.63. The van der Waals surface area contributed by atoms with Crippen LogP contribution in [0.5, 0.6) is 0 Å². The van der Waals surface area contributed by atoms with Crippen molar-refractivity contribution < 1.29 is 4.92 Å². The molecular formula is C19H16N6O2S. The van der Waals surface area contributed by atoms with E-state index in [9.17, 15) is 10.1 Å². The standard InChI is InChI=1S/C19H16N6O2S/c1-23(19-20-10-16(11-21-19)25(26)27)12-14-13-24(15-6-3-2-4-7-15)22-18(14)17-8-5-9-28-17/h2-11,13H,12H2,1H3. The lowest BCUT2D eigenvalue weighted by Gasteiger charge is -2.16. The number of rotatable bonds is 6. The van der Waals surface area contributed by atoms with Gasteiger partial charge < -0.3 is 4.90 Å². The largest absolute Gasteiger partial charge is 0.339 e. The molecule has 0 N–H and O–H groups in total. The van der Waals surface area contributed by atoms with Gasteiger partial charge in [0.05, 0.1) is 15.5 Å². The normalized spacial score (nSPS) is 10.8. The first kappa shape index (κ1) is 17.8. The van der Waals surface area contributed by atoms with Crippen LogP contribution in [0.2, 0.25) is 0 Å². The van der Waals surface area contributed by atoms with E-state index >= 15 is 0 Å². The van der Waals surface area contributed by atoms with E-state index in [0.29, 0.717) is 12.5 Å². The number of nitrogens with zero attached hydrogens (tertiary/aromatic N) is 6. The van der Waals surface area contributed by atoms with Crippen LogP contribution in [0.1, 0.15) is 5.56 Å². The van der Waals surface area contributed by atoms with Crippen LogP contribution in [-0.2, 0) is 6.54 Å². The highest BCUT2D eigenvalue weighted by Gasteiger charge is 2.17. The quantitative estimate of drug-likeness (QED) is 0.365. The third-order valence-corrected chi connectivity index (χ3v) is 5.03. The summed E-state index contributed by atoms with van der Waals surface area (Å²) < 4.78 is 1.86. The molecule has 140 valence electrons. The first-order chi connectivity index (χ1) is 13.6. The Bertz CT molecular complexity index is 1080. The van der Waals surface area contributed by atoms with E-state index in [2.05, 4.69) is 9.97 Å². The second-order valence-corrected chi connectivity index (χ2v) is 7.06. The molecule has 3 heterocycles. The molecule has 0 radical (unpaired) electrons. The van der Waals surface area contributed by atoms with Crippen molar-refractivity contribution in [1.82, 2.24) is 19.7 Å². The van der Waals surface area contributed by atoms with Crippen molar-refractivity contribution >= 4 is 23.0 Å². The molecular weight excluding hydrogens is 376 g/mol. The van der Waals surface area contributed by atoms with Gasteiger partial charge in [-0.25, -0.2) is 14.6 Å². The Kier molecular flexibility index (Phi) is 4.81. The van der Waals surface area contributed by atoms with Crippen LogP contribution in [0, 0.1) is 10.1 Å². The van der Waals surface area contributed by atoms with Crippen LogP contribution < -0.4 is 4.90 Å². The number of thiophene rings is 1. The molecule has 0 fully saturated rings. The minimum Gasteiger partial charge on any atom is -0.339 e. The molecule has 0 amide bonds. The third kappa shape index (κ3) is 3.60. The van der Waals surface area contributed by atoms with Gasteiger partial charge in [-0.15, -0.1) is 11.3 Å². The molecule has 8 nitrogen and oxygen atoms in total. The molecule has 9 heteroatoms. The molecule has 0 saturated carbocycles. The van der Waals surface area contributed by atoms with Gasteiger partial charge in [0.15, 0.2) is 0 Å². The van der Waals surface area contributed by atoms with E-state index in [4.69, 9.17) is 5.10 Å². The van der Waals surface area contributed by atoms with Gasteiger partial charge in [0.1, 0.15) is 18.1 Å². The molecule has 0 spiro atoms. The number of hydrogen-bond acceptors (Lipinski definition) is 7. The lowest BCUT2D eigenvalue weighted by atomic mass is 10.2. The fraction of sp³-hybridized carbons (Fsp3) is 0.105. The first-order valence-corrected chi connectivity index (χ1v) is 9.35. The molecule has 4 aromatic rings.